The molecule has 2 aromatic rings. The molecule has 0 bridgehead atoms. The van der Waals surface area contributed by atoms with Crippen molar-refractivity contribution in [3.63, 3.8) is 0 Å². The van der Waals surface area contributed by atoms with E-state index in [1.807, 2.05) is 7.05 Å². The van der Waals surface area contributed by atoms with Gasteiger partial charge in [-0.2, -0.15) is 13.2 Å². The zero-order chi connectivity index (χ0) is 24.8. The van der Waals surface area contributed by atoms with Crippen LogP contribution in [0.2, 0.25) is 0 Å². The van der Waals surface area contributed by atoms with Crippen LogP contribution in [0.5, 0.6) is 0 Å². The minimum Gasteiger partial charge on any atom is -0.481 e. The molecule has 3 atom stereocenters. The Morgan fingerprint density at radius 3 is 2.71 bits per heavy atom. The second-order valence-electron chi connectivity index (χ2n) is 11.1. The Kier molecular flexibility index (Phi) is 6.64. The molecule has 0 amide bonds. The van der Waals surface area contributed by atoms with E-state index in [1.54, 1.807) is 6.07 Å². The van der Waals surface area contributed by atoms with Crippen LogP contribution in [0, 0.1) is 17.3 Å². The predicted molar refractivity (Wildman–Crippen MR) is 129 cm³/mol. The number of aromatic amines is 1. The number of likely N-dealkylation sites (tertiary alicyclic amines) is 1. The Labute approximate surface area is 204 Å². The number of nitrogens with zero attached hydrogens (tertiary/aromatic N) is 1. The lowest BCUT2D eigenvalue weighted by atomic mass is 9.67. The lowest BCUT2D eigenvalue weighted by molar-refractivity contribution is -0.152. The maximum atomic E-state index is 13.5. The molecule has 8 heteroatoms. The third-order valence-corrected chi connectivity index (χ3v) is 9.09. The Hall–Kier alpha value is -2.06. The number of hydrogen-bond donors (Lipinski definition) is 3. The molecule has 2 fully saturated rings. The van der Waals surface area contributed by atoms with Gasteiger partial charge in [0.05, 0.1) is 11.0 Å². The molecule has 35 heavy (non-hydrogen) atoms. The summed E-state index contributed by atoms with van der Waals surface area (Å²) < 4.78 is 40.4. The lowest BCUT2D eigenvalue weighted by Crippen LogP contribution is -2.48. The zero-order valence-corrected chi connectivity index (χ0v) is 20.4. The molecule has 1 aromatic carbocycles. The van der Waals surface area contributed by atoms with Crippen LogP contribution < -0.4 is 5.32 Å². The summed E-state index contributed by atoms with van der Waals surface area (Å²) >= 11 is 0. The Balaban J connectivity index is 1.40. The third kappa shape index (κ3) is 4.59. The number of halogens is 3. The fourth-order valence-electron chi connectivity index (χ4n) is 7.16. The first kappa shape index (κ1) is 24.6. The van der Waals surface area contributed by atoms with Gasteiger partial charge in [-0.05, 0) is 87.8 Å². The average molecular weight is 492 g/mol. The van der Waals surface area contributed by atoms with Crippen molar-refractivity contribution in [2.75, 3.05) is 33.2 Å². The standard InChI is InChI=1S/C27H36F3N3O2/c1-31-15-20-21-16-33(12-10-26(25(34)35)8-3-2-4-9-26)11-7-17(21)13-23-24(20)19-14-18(27(28,29)30)5-6-22(19)32-23/h5-6,14,17,20-21,31-32H,2-4,7-13,15-16H2,1H3,(H,34,35)/t17-,20?,21?/m1/s1. The minimum atomic E-state index is -4.37. The first-order valence-electron chi connectivity index (χ1n) is 13.0. The highest BCUT2D eigenvalue weighted by atomic mass is 19.4. The van der Waals surface area contributed by atoms with Gasteiger partial charge in [-0.1, -0.05) is 19.3 Å². The topological polar surface area (TPSA) is 68.4 Å². The van der Waals surface area contributed by atoms with Crippen molar-refractivity contribution in [3.8, 4) is 0 Å². The van der Waals surface area contributed by atoms with Crippen LogP contribution in [-0.2, 0) is 17.4 Å². The van der Waals surface area contributed by atoms with Gasteiger partial charge in [-0.25, -0.2) is 0 Å². The van der Waals surface area contributed by atoms with E-state index >= 15 is 0 Å². The van der Waals surface area contributed by atoms with Crippen LogP contribution in [0.15, 0.2) is 18.2 Å². The van der Waals surface area contributed by atoms with Crippen molar-refractivity contribution in [3.05, 3.63) is 35.0 Å². The number of piperidine rings is 1. The number of alkyl halides is 3. The molecule has 5 rings (SSSR count). The predicted octanol–water partition coefficient (Wildman–Crippen LogP) is 5.41. The minimum absolute atomic E-state index is 0.122. The average Bonchev–Trinajstić information content (AvgIpc) is 3.20. The van der Waals surface area contributed by atoms with Gasteiger partial charge < -0.3 is 20.3 Å². The summed E-state index contributed by atoms with van der Waals surface area (Å²) in [5.74, 6) is 0.290. The van der Waals surface area contributed by atoms with Crippen molar-refractivity contribution < 1.29 is 23.1 Å². The highest BCUT2D eigenvalue weighted by Gasteiger charge is 2.44. The molecule has 3 N–H and O–H groups in total. The van der Waals surface area contributed by atoms with E-state index in [4.69, 9.17) is 0 Å². The van der Waals surface area contributed by atoms with Gasteiger partial charge in [0.1, 0.15) is 0 Å². The van der Waals surface area contributed by atoms with Gasteiger partial charge in [0.15, 0.2) is 0 Å². The molecule has 2 aliphatic carbocycles. The number of carbonyl (C=O) groups is 1. The smallest absolute Gasteiger partial charge is 0.416 e. The molecule has 1 saturated carbocycles. The molecule has 3 aliphatic rings. The first-order chi connectivity index (χ1) is 16.7. The summed E-state index contributed by atoms with van der Waals surface area (Å²) in [6, 6.07) is 4.04. The van der Waals surface area contributed by atoms with Gasteiger partial charge in [-0.3, -0.25) is 4.79 Å². The molecule has 0 spiro atoms. The van der Waals surface area contributed by atoms with Gasteiger partial charge in [0.25, 0.3) is 0 Å². The number of carboxylic acid groups (broad SMARTS) is 1. The molecular formula is C27H36F3N3O2. The van der Waals surface area contributed by atoms with Gasteiger partial charge in [0.2, 0.25) is 0 Å². The van der Waals surface area contributed by atoms with E-state index in [-0.39, 0.29) is 5.92 Å². The Bertz CT molecular complexity index is 1070. The van der Waals surface area contributed by atoms with E-state index in [1.165, 1.54) is 6.07 Å². The number of aromatic nitrogens is 1. The van der Waals surface area contributed by atoms with Crippen LogP contribution in [0.3, 0.4) is 0 Å². The van der Waals surface area contributed by atoms with E-state index < -0.39 is 23.1 Å². The van der Waals surface area contributed by atoms with Gasteiger partial charge >= 0.3 is 12.1 Å². The summed E-state index contributed by atoms with van der Waals surface area (Å²) in [6.45, 7) is 3.32. The molecule has 1 aliphatic heterocycles. The van der Waals surface area contributed by atoms with E-state index in [0.29, 0.717) is 30.2 Å². The SMILES string of the molecule is CNCC1c2c([nH]c3ccc(C(F)(F)F)cc23)C[C@H]2CCN(CCC3(C(=O)O)CCCCC3)CC12. The number of aliphatic carboxylic acids is 1. The quantitative estimate of drug-likeness (QED) is 0.506. The monoisotopic (exact) mass is 491 g/mol. The number of rotatable bonds is 6. The number of nitrogens with one attached hydrogen (secondary N) is 2. The fourth-order valence-corrected chi connectivity index (χ4v) is 7.16. The number of likely N-dealkylation sites (N-methyl/N-ethyl adjacent to an activating group) is 1. The number of hydrogen-bond acceptors (Lipinski definition) is 3. The number of carboxylic acids is 1. The van der Waals surface area contributed by atoms with E-state index in [2.05, 4.69) is 15.2 Å². The van der Waals surface area contributed by atoms with Gasteiger partial charge in [0, 0.05) is 35.6 Å². The normalized spacial score (nSPS) is 26.9. The second kappa shape index (κ2) is 9.43. The van der Waals surface area contributed by atoms with Crippen LogP contribution >= 0.6 is 0 Å². The Morgan fingerprint density at radius 2 is 2.03 bits per heavy atom. The highest BCUT2D eigenvalue weighted by Crippen LogP contribution is 2.47. The fraction of sp³-hybridized carbons (Fsp3) is 0.667. The summed E-state index contributed by atoms with van der Waals surface area (Å²) in [5.41, 5.74) is 1.71. The largest absolute Gasteiger partial charge is 0.481 e. The van der Waals surface area contributed by atoms with Crippen molar-refractivity contribution in [2.24, 2.45) is 17.3 Å². The van der Waals surface area contributed by atoms with Crippen LogP contribution in [0.1, 0.15) is 67.7 Å². The van der Waals surface area contributed by atoms with Gasteiger partial charge in [-0.15, -0.1) is 0 Å². The molecule has 5 nitrogen and oxygen atoms in total. The zero-order valence-electron chi connectivity index (χ0n) is 20.4. The van der Waals surface area contributed by atoms with Crippen LogP contribution in [0.4, 0.5) is 13.2 Å². The molecule has 0 radical (unpaired) electrons. The molecule has 2 unspecified atom stereocenters. The molecule has 2 heterocycles. The molecule has 1 saturated heterocycles. The summed E-state index contributed by atoms with van der Waals surface area (Å²) in [6.07, 6.45) is 2.86. The molecular weight excluding hydrogens is 455 g/mol. The second-order valence-corrected chi connectivity index (χ2v) is 11.1. The lowest BCUT2D eigenvalue weighted by Gasteiger charge is -2.46. The maximum Gasteiger partial charge on any atom is 0.416 e. The number of H-pyrrole nitrogens is 1. The van der Waals surface area contributed by atoms with E-state index in [0.717, 1.165) is 87.4 Å². The third-order valence-electron chi connectivity index (χ3n) is 9.09. The van der Waals surface area contributed by atoms with Crippen LogP contribution in [-0.4, -0.2) is 54.2 Å². The van der Waals surface area contributed by atoms with E-state index in [9.17, 15) is 23.1 Å². The van der Waals surface area contributed by atoms with Crippen molar-refractivity contribution in [2.45, 2.75) is 63.5 Å². The van der Waals surface area contributed by atoms with Crippen molar-refractivity contribution in [1.29, 1.82) is 0 Å². The first-order valence-corrected chi connectivity index (χ1v) is 13.0. The summed E-state index contributed by atoms with van der Waals surface area (Å²) in [7, 11) is 1.90. The molecule has 1 aromatic heterocycles. The van der Waals surface area contributed by atoms with Crippen molar-refractivity contribution >= 4 is 16.9 Å². The van der Waals surface area contributed by atoms with Crippen molar-refractivity contribution in [1.82, 2.24) is 15.2 Å². The Morgan fingerprint density at radius 1 is 1.26 bits per heavy atom. The highest BCUT2D eigenvalue weighted by molar-refractivity contribution is 5.86. The number of benzene rings is 1. The maximum absolute atomic E-state index is 13.5. The summed E-state index contributed by atoms with van der Waals surface area (Å²) in [4.78, 5) is 18.0. The summed E-state index contributed by atoms with van der Waals surface area (Å²) in [5, 5.41) is 14.0. The van der Waals surface area contributed by atoms with Crippen LogP contribution in [0.25, 0.3) is 10.9 Å². The number of fused-ring (bicyclic) bond motifs is 4. The molecule has 192 valence electrons.